The van der Waals surface area contributed by atoms with Crippen molar-refractivity contribution in [2.45, 2.75) is 6.18 Å². The van der Waals surface area contributed by atoms with Gasteiger partial charge in [-0.15, -0.1) is 0 Å². The van der Waals surface area contributed by atoms with Crippen LogP contribution in [0.4, 0.5) is 34.8 Å². The average molecular weight is 344 g/mol. The lowest BCUT2D eigenvalue weighted by Crippen LogP contribution is -2.18. The first kappa shape index (κ1) is 17.4. The summed E-state index contributed by atoms with van der Waals surface area (Å²) in [7, 11) is 0. The Morgan fingerprint density at radius 3 is 2.50 bits per heavy atom. The van der Waals surface area contributed by atoms with Crippen LogP contribution in [0.3, 0.4) is 0 Å². The first-order valence-electron chi connectivity index (χ1n) is 6.73. The Kier molecular flexibility index (Phi) is 5.17. The molecule has 2 N–H and O–H groups in total. The second kappa shape index (κ2) is 7.11. The highest BCUT2D eigenvalue weighted by molar-refractivity contribution is 5.50. The SMILES string of the molecule is O=[N+]([O-])c1ccc(NCCNc2ncccc2C(F)(F)F)c(F)c1. The molecule has 0 saturated heterocycles. The van der Waals surface area contributed by atoms with Crippen LogP contribution in [0.5, 0.6) is 0 Å². The molecule has 0 unspecified atom stereocenters. The van der Waals surface area contributed by atoms with Gasteiger partial charge in [-0.25, -0.2) is 9.37 Å². The van der Waals surface area contributed by atoms with Gasteiger partial charge in [0.05, 0.1) is 22.2 Å². The van der Waals surface area contributed by atoms with E-state index in [1.807, 2.05) is 0 Å². The molecule has 10 heteroatoms. The van der Waals surface area contributed by atoms with Crippen molar-refractivity contribution in [3.8, 4) is 0 Å². The van der Waals surface area contributed by atoms with E-state index in [4.69, 9.17) is 0 Å². The van der Waals surface area contributed by atoms with Crippen molar-refractivity contribution in [1.82, 2.24) is 4.98 Å². The normalized spacial score (nSPS) is 11.2. The Labute approximate surface area is 133 Å². The van der Waals surface area contributed by atoms with Gasteiger partial charge >= 0.3 is 6.18 Å². The van der Waals surface area contributed by atoms with E-state index in [1.165, 1.54) is 18.3 Å². The summed E-state index contributed by atoms with van der Waals surface area (Å²) in [6, 6.07) is 5.16. The quantitative estimate of drug-likeness (QED) is 0.362. The van der Waals surface area contributed by atoms with Crippen molar-refractivity contribution >= 4 is 17.2 Å². The third-order valence-corrected chi connectivity index (χ3v) is 3.01. The third-order valence-electron chi connectivity index (χ3n) is 3.01. The Balaban J connectivity index is 1.94. The number of halogens is 4. The van der Waals surface area contributed by atoms with E-state index in [1.54, 1.807) is 0 Å². The molecule has 0 amide bonds. The number of benzene rings is 1. The third kappa shape index (κ3) is 4.31. The molecule has 2 aromatic rings. The lowest BCUT2D eigenvalue weighted by molar-refractivity contribution is -0.385. The Bertz CT molecular complexity index is 737. The second-order valence-electron chi connectivity index (χ2n) is 4.67. The molecule has 6 nitrogen and oxygen atoms in total. The summed E-state index contributed by atoms with van der Waals surface area (Å²) in [4.78, 5) is 13.4. The molecule has 0 aliphatic rings. The van der Waals surface area contributed by atoms with Crippen LogP contribution in [-0.4, -0.2) is 23.0 Å². The second-order valence-corrected chi connectivity index (χ2v) is 4.67. The molecule has 24 heavy (non-hydrogen) atoms. The monoisotopic (exact) mass is 344 g/mol. The first-order valence-corrected chi connectivity index (χ1v) is 6.73. The molecule has 0 bridgehead atoms. The maximum atomic E-state index is 13.6. The number of nitro benzene ring substituents is 1. The molecular formula is C14H12F4N4O2. The van der Waals surface area contributed by atoms with Gasteiger partial charge in [-0.1, -0.05) is 0 Å². The highest BCUT2D eigenvalue weighted by atomic mass is 19.4. The van der Waals surface area contributed by atoms with Crippen LogP contribution in [0.25, 0.3) is 0 Å². The van der Waals surface area contributed by atoms with Crippen LogP contribution in [0.2, 0.25) is 0 Å². The van der Waals surface area contributed by atoms with Crippen LogP contribution in [0.1, 0.15) is 5.56 Å². The molecule has 0 fully saturated rings. The maximum Gasteiger partial charge on any atom is 0.419 e. The number of nitrogens with zero attached hydrogens (tertiary/aromatic N) is 2. The minimum atomic E-state index is -4.53. The first-order chi connectivity index (χ1) is 11.3. The number of hydrogen-bond donors (Lipinski definition) is 2. The van der Waals surface area contributed by atoms with Gasteiger partial charge in [0.25, 0.3) is 5.69 Å². The largest absolute Gasteiger partial charge is 0.419 e. The maximum absolute atomic E-state index is 13.6. The van der Waals surface area contributed by atoms with Gasteiger partial charge in [-0.3, -0.25) is 10.1 Å². The molecule has 0 radical (unpaired) electrons. The summed E-state index contributed by atoms with van der Waals surface area (Å²) in [5, 5.41) is 15.7. The van der Waals surface area contributed by atoms with E-state index < -0.39 is 22.5 Å². The number of nitrogens with one attached hydrogen (secondary N) is 2. The number of nitro groups is 1. The Morgan fingerprint density at radius 1 is 1.17 bits per heavy atom. The zero-order chi connectivity index (χ0) is 17.7. The molecule has 128 valence electrons. The van der Waals surface area contributed by atoms with Crippen LogP contribution in [0, 0.1) is 15.9 Å². The Morgan fingerprint density at radius 2 is 1.88 bits per heavy atom. The zero-order valence-electron chi connectivity index (χ0n) is 12.1. The van der Waals surface area contributed by atoms with Crippen molar-refractivity contribution in [2.75, 3.05) is 23.7 Å². The summed E-state index contributed by atoms with van der Waals surface area (Å²) < 4.78 is 52.0. The number of alkyl halides is 3. The summed E-state index contributed by atoms with van der Waals surface area (Å²) in [5.41, 5.74) is -1.27. The number of aromatic nitrogens is 1. The lowest BCUT2D eigenvalue weighted by Gasteiger charge is -2.13. The smallest absolute Gasteiger partial charge is 0.381 e. The van der Waals surface area contributed by atoms with Gasteiger partial charge in [0.15, 0.2) is 5.82 Å². The van der Waals surface area contributed by atoms with Gasteiger partial charge in [-0.05, 0) is 18.2 Å². The number of anilines is 2. The van der Waals surface area contributed by atoms with E-state index in [0.29, 0.717) is 0 Å². The highest BCUT2D eigenvalue weighted by Gasteiger charge is 2.33. The van der Waals surface area contributed by atoms with Crippen molar-refractivity contribution < 1.29 is 22.5 Å². The highest BCUT2D eigenvalue weighted by Crippen LogP contribution is 2.33. The molecule has 0 spiro atoms. The molecule has 0 saturated carbocycles. The van der Waals surface area contributed by atoms with E-state index in [2.05, 4.69) is 15.6 Å². The molecular weight excluding hydrogens is 332 g/mol. The molecule has 2 rings (SSSR count). The molecule has 1 aromatic carbocycles. The summed E-state index contributed by atoms with van der Waals surface area (Å²) in [5.74, 6) is -1.14. The summed E-state index contributed by atoms with van der Waals surface area (Å²) >= 11 is 0. The van der Waals surface area contributed by atoms with E-state index in [0.717, 1.165) is 18.2 Å². The van der Waals surface area contributed by atoms with Gasteiger partial charge in [-0.2, -0.15) is 13.2 Å². The van der Waals surface area contributed by atoms with E-state index in [-0.39, 0.29) is 30.3 Å². The Hall–Kier alpha value is -2.91. The fourth-order valence-electron chi connectivity index (χ4n) is 1.91. The number of pyridine rings is 1. The summed E-state index contributed by atoms with van der Waals surface area (Å²) in [6.45, 7) is 0.124. The fourth-order valence-corrected chi connectivity index (χ4v) is 1.91. The van der Waals surface area contributed by atoms with Crippen molar-refractivity contribution in [3.63, 3.8) is 0 Å². The fraction of sp³-hybridized carbons (Fsp3) is 0.214. The molecule has 0 atom stereocenters. The predicted molar refractivity (Wildman–Crippen MR) is 79.3 cm³/mol. The average Bonchev–Trinajstić information content (AvgIpc) is 2.52. The minimum Gasteiger partial charge on any atom is -0.381 e. The minimum absolute atomic E-state index is 0.0134. The van der Waals surface area contributed by atoms with Gasteiger partial charge < -0.3 is 10.6 Å². The predicted octanol–water partition coefficient (Wildman–Crippen LogP) is 3.67. The van der Waals surface area contributed by atoms with Crippen molar-refractivity contribution in [2.24, 2.45) is 0 Å². The van der Waals surface area contributed by atoms with Gasteiger partial charge in [0.2, 0.25) is 0 Å². The van der Waals surface area contributed by atoms with Crippen LogP contribution in [0.15, 0.2) is 36.5 Å². The molecule has 1 heterocycles. The van der Waals surface area contributed by atoms with Crippen LogP contribution in [-0.2, 0) is 6.18 Å². The van der Waals surface area contributed by atoms with Crippen LogP contribution >= 0.6 is 0 Å². The number of hydrogen-bond acceptors (Lipinski definition) is 5. The van der Waals surface area contributed by atoms with Gasteiger partial charge in [0, 0.05) is 25.4 Å². The standard InChI is InChI=1S/C14H12F4N4O2/c15-11-8-9(22(23)24)3-4-12(11)19-6-7-21-13-10(14(16,17)18)2-1-5-20-13/h1-5,8,19H,6-7H2,(H,20,21). The number of non-ortho nitro benzene ring substituents is 1. The zero-order valence-corrected chi connectivity index (χ0v) is 12.1. The molecule has 0 aliphatic heterocycles. The van der Waals surface area contributed by atoms with Crippen molar-refractivity contribution in [3.05, 3.63) is 58.0 Å². The lowest BCUT2D eigenvalue weighted by atomic mass is 10.2. The molecule has 0 aliphatic carbocycles. The van der Waals surface area contributed by atoms with E-state index >= 15 is 0 Å². The van der Waals surface area contributed by atoms with E-state index in [9.17, 15) is 27.7 Å². The van der Waals surface area contributed by atoms with Crippen LogP contribution < -0.4 is 10.6 Å². The van der Waals surface area contributed by atoms with Crippen molar-refractivity contribution in [1.29, 1.82) is 0 Å². The number of rotatable bonds is 6. The molecule has 1 aromatic heterocycles. The topological polar surface area (TPSA) is 80.1 Å². The van der Waals surface area contributed by atoms with Gasteiger partial charge in [0.1, 0.15) is 5.82 Å². The summed E-state index contributed by atoms with van der Waals surface area (Å²) in [6.07, 6.45) is -3.31.